The van der Waals surface area contributed by atoms with Crippen molar-refractivity contribution in [2.75, 3.05) is 7.11 Å². The maximum absolute atomic E-state index is 10.4. The molecular weight excluding hydrogens is 248 g/mol. The number of hydrogen-bond acceptors (Lipinski definition) is 5. The van der Waals surface area contributed by atoms with Crippen LogP contribution < -0.4 is 4.74 Å². The molecule has 0 radical (unpaired) electrons. The normalized spacial score (nSPS) is 10.4. The van der Waals surface area contributed by atoms with E-state index in [1.54, 1.807) is 7.11 Å². The monoisotopic (exact) mass is 262 g/mol. The predicted octanol–water partition coefficient (Wildman–Crippen LogP) is 1.69. The van der Waals surface area contributed by atoms with Gasteiger partial charge in [0.05, 0.1) is 20.0 Å². The molecule has 1 aromatic carbocycles. The maximum atomic E-state index is 10.4. The fourth-order valence-corrected chi connectivity index (χ4v) is 1.64. The Morgan fingerprint density at radius 1 is 1.47 bits per heavy atom. The van der Waals surface area contributed by atoms with Crippen LogP contribution in [0.1, 0.15) is 23.7 Å². The van der Waals surface area contributed by atoms with Crippen LogP contribution in [0.4, 0.5) is 0 Å². The van der Waals surface area contributed by atoms with Crippen molar-refractivity contribution in [2.24, 2.45) is 0 Å². The van der Waals surface area contributed by atoms with E-state index in [-0.39, 0.29) is 12.8 Å². The second-order valence-corrected chi connectivity index (χ2v) is 4.03. The predicted molar refractivity (Wildman–Crippen MR) is 66.1 cm³/mol. The quantitative estimate of drug-likeness (QED) is 0.852. The molecule has 1 heterocycles. The van der Waals surface area contributed by atoms with Gasteiger partial charge in [-0.3, -0.25) is 4.79 Å². The Kier molecular flexibility index (Phi) is 4.12. The molecule has 0 saturated heterocycles. The largest absolute Gasteiger partial charge is 0.497 e. The van der Waals surface area contributed by atoms with Crippen LogP contribution in [0.15, 0.2) is 28.8 Å². The summed E-state index contributed by atoms with van der Waals surface area (Å²) >= 11 is 0. The van der Waals surface area contributed by atoms with Crippen molar-refractivity contribution < 1.29 is 19.2 Å². The smallest absolute Gasteiger partial charge is 0.303 e. The summed E-state index contributed by atoms with van der Waals surface area (Å²) in [6.45, 7) is 0. The van der Waals surface area contributed by atoms with Crippen LogP contribution in [0.3, 0.4) is 0 Å². The van der Waals surface area contributed by atoms with Gasteiger partial charge in [0.1, 0.15) is 5.75 Å². The van der Waals surface area contributed by atoms with Gasteiger partial charge in [-0.1, -0.05) is 17.3 Å². The molecule has 2 aromatic rings. The third-order valence-electron chi connectivity index (χ3n) is 2.56. The molecule has 0 atom stereocenters. The van der Waals surface area contributed by atoms with Gasteiger partial charge in [0.25, 0.3) is 0 Å². The van der Waals surface area contributed by atoms with Gasteiger partial charge in [-0.05, 0) is 17.7 Å². The van der Waals surface area contributed by atoms with E-state index >= 15 is 0 Å². The number of carboxylic acids is 1. The minimum atomic E-state index is -0.876. The number of aromatic nitrogens is 2. The summed E-state index contributed by atoms with van der Waals surface area (Å²) < 4.78 is 10.2. The van der Waals surface area contributed by atoms with Crippen molar-refractivity contribution in [1.29, 1.82) is 0 Å². The minimum absolute atomic E-state index is 0.00185. The number of ether oxygens (including phenoxy) is 1. The zero-order valence-corrected chi connectivity index (χ0v) is 10.5. The molecule has 0 bridgehead atoms. The molecule has 6 heteroatoms. The van der Waals surface area contributed by atoms with Gasteiger partial charge in [0, 0.05) is 6.42 Å². The summed E-state index contributed by atoms with van der Waals surface area (Å²) in [7, 11) is 1.61. The second-order valence-electron chi connectivity index (χ2n) is 4.03. The SMILES string of the molecule is COc1cccc(Cc2nc(CCC(=O)O)no2)c1. The van der Waals surface area contributed by atoms with Gasteiger partial charge < -0.3 is 14.4 Å². The van der Waals surface area contributed by atoms with Crippen molar-refractivity contribution in [3.63, 3.8) is 0 Å². The summed E-state index contributed by atoms with van der Waals surface area (Å²) in [6.07, 6.45) is 0.770. The molecule has 0 spiro atoms. The highest BCUT2D eigenvalue weighted by molar-refractivity contribution is 5.66. The van der Waals surface area contributed by atoms with Crippen LogP contribution in [-0.4, -0.2) is 28.3 Å². The van der Waals surface area contributed by atoms with Crippen molar-refractivity contribution in [2.45, 2.75) is 19.3 Å². The van der Waals surface area contributed by atoms with Crippen molar-refractivity contribution in [3.05, 3.63) is 41.5 Å². The molecule has 0 aliphatic carbocycles. The highest BCUT2D eigenvalue weighted by Gasteiger charge is 2.09. The van der Waals surface area contributed by atoms with Crippen LogP contribution in [0.2, 0.25) is 0 Å². The molecule has 6 nitrogen and oxygen atoms in total. The first-order valence-corrected chi connectivity index (χ1v) is 5.83. The molecule has 0 aliphatic rings. The first kappa shape index (κ1) is 13.1. The van der Waals surface area contributed by atoms with Gasteiger partial charge in [0.15, 0.2) is 5.82 Å². The molecule has 0 amide bonds. The lowest BCUT2D eigenvalue weighted by atomic mass is 10.1. The third-order valence-corrected chi connectivity index (χ3v) is 2.56. The molecule has 0 unspecified atom stereocenters. The second kappa shape index (κ2) is 5.99. The van der Waals surface area contributed by atoms with Crippen LogP contribution in [0.5, 0.6) is 5.75 Å². The molecule has 1 N–H and O–H groups in total. The molecule has 0 fully saturated rings. The Bertz CT molecular complexity index is 565. The Morgan fingerprint density at radius 2 is 2.32 bits per heavy atom. The number of hydrogen-bond donors (Lipinski definition) is 1. The van der Waals surface area contributed by atoms with Gasteiger partial charge in [-0.2, -0.15) is 4.98 Å². The van der Waals surface area contributed by atoms with Gasteiger partial charge >= 0.3 is 5.97 Å². The minimum Gasteiger partial charge on any atom is -0.497 e. The maximum Gasteiger partial charge on any atom is 0.303 e. The molecule has 2 rings (SSSR count). The highest BCUT2D eigenvalue weighted by atomic mass is 16.5. The average Bonchev–Trinajstić information content (AvgIpc) is 2.84. The summed E-state index contributed by atoms with van der Waals surface area (Å²) in [6, 6.07) is 7.57. The molecular formula is C13H14N2O4. The van der Waals surface area contributed by atoms with Gasteiger partial charge in [-0.25, -0.2) is 0 Å². The van der Waals surface area contributed by atoms with Crippen LogP contribution in [0.25, 0.3) is 0 Å². The number of nitrogens with zero attached hydrogens (tertiary/aromatic N) is 2. The summed E-state index contributed by atoms with van der Waals surface area (Å²) in [5.74, 6) is 0.774. The topological polar surface area (TPSA) is 85.5 Å². The van der Waals surface area contributed by atoms with E-state index in [1.165, 1.54) is 0 Å². The lowest BCUT2D eigenvalue weighted by Gasteiger charge is -2.01. The number of aryl methyl sites for hydroxylation is 1. The number of methoxy groups -OCH3 is 1. The van der Waals surface area contributed by atoms with E-state index < -0.39 is 5.97 Å². The number of carbonyl (C=O) groups is 1. The summed E-state index contributed by atoms with van der Waals surface area (Å²) in [4.78, 5) is 14.6. The first-order chi connectivity index (χ1) is 9.17. The number of benzene rings is 1. The zero-order valence-electron chi connectivity index (χ0n) is 10.5. The molecule has 0 aliphatic heterocycles. The molecule has 100 valence electrons. The van der Waals surface area contributed by atoms with Crippen LogP contribution in [0, 0.1) is 0 Å². The van der Waals surface area contributed by atoms with Crippen molar-refractivity contribution >= 4 is 5.97 Å². The molecule has 1 aromatic heterocycles. The van der Waals surface area contributed by atoms with Crippen molar-refractivity contribution in [1.82, 2.24) is 10.1 Å². The Balaban J connectivity index is 2.00. The van der Waals surface area contributed by atoms with E-state index in [4.69, 9.17) is 14.4 Å². The lowest BCUT2D eigenvalue weighted by molar-refractivity contribution is -0.137. The van der Waals surface area contributed by atoms with E-state index in [0.29, 0.717) is 18.1 Å². The van der Waals surface area contributed by atoms with E-state index in [1.807, 2.05) is 24.3 Å². The average molecular weight is 262 g/mol. The number of aliphatic carboxylic acids is 1. The first-order valence-electron chi connectivity index (χ1n) is 5.83. The Morgan fingerprint density at radius 3 is 3.05 bits per heavy atom. The third kappa shape index (κ3) is 3.80. The van der Waals surface area contributed by atoms with E-state index in [9.17, 15) is 4.79 Å². The van der Waals surface area contributed by atoms with Crippen LogP contribution >= 0.6 is 0 Å². The fourth-order valence-electron chi connectivity index (χ4n) is 1.64. The lowest BCUT2D eigenvalue weighted by Crippen LogP contribution is -1.99. The molecule has 19 heavy (non-hydrogen) atoms. The van der Waals surface area contributed by atoms with Gasteiger partial charge in [0.2, 0.25) is 5.89 Å². The Labute approximate surface area is 110 Å². The van der Waals surface area contributed by atoms with Gasteiger partial charge in [-0.15, -0.1) is 0 Å². The van der Waals surface area contributed by atoms with Crippen LogP contribution in [-0.2, 0) is 17.6 Å². The zero-order chi connectivity index (χ0) is 13.7. The van der Waals surface area contributed by atoms with E-state index in [0.717, 1.165) is 11.3 Å². The van der Waals surface area contributed by atoms with Crippen molar-refractivity contribution in [3.8, 4) is 5.75 Å². The summed E-state index contributed by atoms with van der Waals surface area (Å²) in [5.41, 5.74) is 0.993. The standard InChI is InChI=1S/C13H14N2O4/c1-18-10-4-2-3-9(7-10)8-12-14-11(15-19-12)5-6-13(16)17/h2-4,7H,5-6,8H2,1H3,(H,16,17). The molecule has 0 saturated carbocycles. The fraction of sp³-hybridized carbons (Fsp3) is 0.308. The summed E-state index contributed by atoms with van der Waals surface area (Å²) in [5, 5.41) is 12.3. The Hall–Kier alpha value is -2.37. The van der Waals surface area contributed by atoms with E-state index in [2.05, 4.69) is 10.1 Å². The highest BCUT2D eigenvalue weighted by Crippen LogP contribution is 2.15. The number of carboxylic acid groups (broad SMARTS) is 1. The number of rotatable bonds is 6.